The third-order valence-electron chi connectivity index (χ3n) is 13.6. The van der Waals surface area contributed by atoms with Crippen LogP contribution in [0.2, 0.25) is 0 Å². The van der Waals surface area contributed by atoms with Crippen molar-refractivity contribution in [2.75, 3.05) is 55.2 Å². The molecule has 0 radical (unpaired) electrons. The Bertz CT molecular complexity index is 2550. The normalized spacial score (nSPS) is 16.5. The summed E-state index contributed by atoms with van der Waals surface area (Å²) in [5, 5.41) is 13.7. The summed E-state index contributed by atoms with van der Waals surface area (Å²) in [6.45, 7) is 12.6. The minimum Gasteiger partial charge on any atom is -0.496 e. The molecule has 0 saturated carbocycles. The lowest BCUT2D eigenvalue weighted by atomic mass is 9.93. The third-order valence-corrected chi connectivity index (χ3v) is 13.6. The molecule has 0 aliphatic carbocycles. The van der Waals surface area contributed by atoms with E-state index in [9.17, 15) is 33.6 Å². The summed E-state index contributed by atoms with van der Waals surface area (Å²) in [5.74, 6) is -3.94. The number of benzene rings is 3. The van der Waals surface area contributed by atoms with Gasteiger partial charge < -0.3 is 60.1 Å². The second-order valence-electron chi connectivity index (χ2n) is 20.9. The first-order valence-electron chi connectivity index (χ1n) is 27.4. The Morgan fingerprint density at radius 2 is 1.42 bits per heavy atom. The van der Waals surface area contributed by atoms with Crippen molar-refractivity contribution < 1.29 is 62.0 Å². The van der Waals surface area contributed by atoms with Crippen LogP contribution in [0.4, 0.5) is 4.79 Å². The van der Waals surface area contributed by atoms with Crippen molar-refractivity contribution in [3.8, 4) is 22.6 Å². The fourth-order valence-corrected chi connectivity index (χ4v) is 8.98. The number of hydrogen-bond donors (Lipinski definition) is 5. The predicted molar refractivity (Wildman–Crippen MR) is 299 cm³/mol. The highest BCUT2D eigenvalue weighted by atomic mass is 16.6. The summed E-state index contributed by atoms with van der Waals surface area (Å²) in [4.78, 5) is 114. The van der Waals surface area contributed by atoms with E-state index in [0.29, 0.717) is 52.3 Å². The number of ether oxygens (including phenoxy) is 5. The molecule has 0 aromatic heterocycles. The maximum atomic E-state index is 15.1. The maximum Gasteiger partial charge on any atom is 0.407 e. The van der Waals surface area contributed by atoms with Crippen molar-refractivity contribution in [1.29, 1.82) is 0 Å². The molecule has 7 amide bonds. The molecule has 20 nitrogen and oxygen atoms in total. The van der Waals surface area contributed by atoms with Crippen LogP contribution in [-0.4, -0.2) is 148 Å². The molecule has 0 spiro atoms. The largest absolute Gasteiger partial charge is 0.496 e. The van der Waals surface area contributed by atoms with E-state index in [0.717, 1.165) is 50.5 Å². The summed E-state index contributed by atoms with van der Waals surface area (Å²) in [7, 11) is 7.07. The van der Waals surface area contributed by atoms with E-state index >= 15 is 4.79 Å². The molecule has 0 unspecified atom stereocenters. The predicted octanol–water partition coefficient (Wildman–Crippen LogP) is 6.35. The average Bonchev–Trinajstić information content (AvgIpc) is 3.44. The first-order valence-corrected chi connectivity index (χ1v) is 27.4. The Kier molecular flexibility index (Phi) is 25.6. The SMILES string of the molecule is CCCCCCc1ccc(C(=O)N(C)[C@H](COCCCC)C(=O)N[C@H](C)C(=O)N[C@@H](CCCCNC(=O)OC(C)(C)C)C(=O)N(C)[C@@H]2C(=O)N[C@@H](C)C(=O)N[C@H](C(=O)OC)Cc3ccc(OC)c(c3)-c3cc2ccc3OC)cc1. The summed E-state index contributed by atoms with van der Waals surface area (Å²) in [6, 6.07) is 9.93. The molecule has 5 N–H and O–H groups in total. The van der Waals surface area contributed by atoms with Crippen molar-refractivity contribution >= 4 is 47.5 Å². The van der Waals surface area contributed by atoms with E-state index in [-0.39, 0.29) is 32.4 Å². The highest BCUT2D eigenvalue weighted by Crippen LogP contribution is 2.40. The molecule has 20 heteroatoms. The van der Waals surface area contributed by atoms with Crippen LogP contribution in [-0.2, 0) is 55.8 Å². The van der Waals surface area contributed by atoms with E-state index < -0.39 is 89.4 Å². The van der Waals surface area contributed by atoms with Crippen molar-refractivity contribution in [3.63, 3.8) is 0 Å². The Morgan fingerprint density at radius 1 is 0.759 bits per heavy atom. The monoisotopic (exact) mass is 1100 g/mol. The molecule has 434 valence electrons. The summed E-state index contributed by atoms with van der Waals surface area (Å²) in [6.07, 6.45) is 6.95. The number of unbranched alkanes of at least 4 members (excludes halogenated alkanes) is 5. The standard InChI is InChI=1S/C59H85N7O13/c1-13-15-17-18-21-39-23-26-41(27-24-39)55(71)65(8)47(36-78-32-16-14-2)53(69)61-37(3)51(67)63-45(22-19-20-31-60-58(74)79-59(5,6)7)56(72)66(9)50-42-28-30-49(76-11)44(35-42)43-33-40(25-29-48(43)75-10)34-46(57(73)77-12)64-52(68)38(4)62-54(50)70/h23-30,33,35,37-38,45-47,50H,13-22,31-32,34,36H2,1-12H3,(H,60,74)(H,61,69)(H,62,70)(H,63,67)(H,64,68)/t37-,38+,45+,46+,47-,50+/m1/s1. The van der Waals surface area contributed by atoms with Gasteiger partial charge in [-0.15, -0.1) is 0 Å². The molecule has 6 atom stereocenters. The first-order chi connectivity index (χ1) is 37.6. The highest BCUT2D eigenvalue weighted by molar-refractivity contribution is 5.99. The molecule has 1 aliphatic rings. The smallest absolute Gasteiger partial charge is 0.407 e. The Balaban J connectivity index is 1.70. The molecule has 1 aliphatic heterocycles. The number of carbonyl (C=O) groups is 8. The van der Waals surface area contributed by atoms with Gasteiger partial charge in [-0.3, -0.25) is 28.8 Å². The van der Waals surface area contributed by atoms with Gasteiger partial charge in [0.05, 0.1) is 27.9 Å². The van der Waals surface area contributed by atoms with Gasteiger partial charge in [-0.05, 0) is 126 Å². The van der Waals surface area contributed by atoms with Crippen molar-refractivity contribution in [3.05, 3.63) is 82.9 Å². The molecular formula is C59H85N7O13. The zero-order valence-corrected chi connectivity index (χ0v) is 48.3. The van der Waals surface area contributed by atoms with Gasteiger partial charge in [-0.2, -0.15) is 0 Å². The van der Waals surface area contributed by atoms with Crippen LogP contribution in [0, 0.1) is 0 Å². The van der Waals surface area contributed by atoms with Crippen LogP contribution in [0.3, 0.4) is 0 Å². The second kappa shape index (κ2) is 31.4. The van der Waals surface area contributed by atoms with Gasteiger partial charge >= 0.3 is 12.1 Å². The number of hydrogen-bond acceptors (Lipinski definition) is 13. The topological polar surface area (TPSA) is 249 Å². The number of fused-ring (bicyclic) bond motifs is 5. The van der Waals surface area contributed by atoms with Crippen molar-refractivity contribution in [2.24, 2.45) is 0 Å². The maximum absolute atomic E-state index is 15.1. The second-order valence-corrected chi connectivity index (χ2v) is 20.9. The number of amides is 7. The van der Waals surface area contributed by atoms with Gasteiger partial charge in [-0.1, -0.05) is 63.8 Å². The quantitative estimate of drug-likeness (QED) is 0.0435. The molecule has 3 aromatic carbocycles. The van der Waals surface area contributed by atoms with Crippen LogP contribution < -0.4 is 36.1 Å². The molecule has 0 saturated heterocycles. The first kappa shape index (κ1) is 64.3. The molecule has 79 heavy (non-hydrogen) atoms. The molecule has 3 aromatic rings. The lowest BCUT2D eigenvalue weighted by molar-refractivity contribution is -0.145. The van der Waals surface area contributed by atoms with E-state index in [1.54, 1.807) is 69.3 Å². The number of methoxy groups -OCH3 is 3. The van der Waals surface area contributed by atoms with Gasteiger partial charge in [0.1, 0.15) is 53.4 Å². The molecule has 4 rings (SSSR count). The summed E-state index contributed by atoms with van der Waals surface area (Å²) >= 11 is 0. The van der Waals surface area contributed by atoms with Gasteiger partial charge in [0.15, 0.2) is 0 Å². The van der Waals surface area contributed by atoms with Crippen molar-refractivity contribution in [2.45, 2.75) is 161 Å². The number of rotatable bonds is 26. The number of carbonyl (C=O) groups excluding carboxylic acids is 8. The lowest BCUT2D eigenvalue weighted by Gasteiger charge is -2.33. The lowest BCUT2D eigenvalue weighted by Crippen LogP contribution is -2.58. The Hall–Kier alpha value is -7.22. The van der Waals surface area contributed by atoms with Gasteiger partial charge in [0.25, 0.3) is 5.91 Å². The Labute approximate surface area is 466 Å². The van der Waals surface area contributed by atoms with Crippen LogP contribution >= 0.6 is 0 Å². The molecule has 0 fully saturated rings. The summed E-state index contributed by atoms with van der Waals surface area (Å²) in [5.41, 5.74) is 2.67. The van der Waals surface area contributed by atoms with E-state index in [2.05, 4.69) is 33.5 Å². The summed E-state index contributed by atoms with van der Waals surface area (Å²) < 4.78 is 27.9. The third kappa shape index (κ3) is 19.3. The van der Waals surface area contributed by atoms with Crippen LogP contribution in [0.25, 0.3) is 11.1 Å². The van der Waals surface area contributed by atoms with E-state index in [1.807, 2.05) is 19.1 Å². The molecular weight excluding hydrogens is 1010 g/mol. The number of aryl methyl sites for hydroxylation is 1. The van der Waals surface area contributed by atoms with E-state index in [4.69, 9.17) is 23.7 Å². The fourth-order valence-electron chi connectivity index (χ4n) is 8.98. The number of alkyl carbamates (subject to hydrolysis) is 1. The minimum atomic E-state index is -1.45. The van der Waals surface area contributed by atoms with Gasteiger partial charge in [-0.25, -0.2) is 9.59 Å². The number of likely N-dealkylation sites (N-methyl/N-ethyl adjacent to an activating group) is 2. The fraction of sp³-hybridized carbons (Fsp3) is 0.559. The van der Waals surface area contributed by atoms with E-state index in [1.165, 1.54) is 59.1 Å². The zero-order chi connectivity index (χ0) is 58.4. The molecule has 1 heterocycles. The average molecular weight is 1100 g/mol. The van der Waals surface area contributed by atoms with Crippen LogP contribution in [0.5, 0.6) is 11.5 Å². The number of nitrogens with one attached hydrogen (secondary N) is 5. The van der Waals surface area contributed by atoms with Gasteiger partial charge in [0.2, 0.25) is 29.5 Å². The Morgan fingerprint density at radius 3 is 2.05 bits per heavy atom. The number of esters is 1. The zero-order valence-electron chi connectivity index (χ0n) is 48.3. The molecule has 4 bridgehead atoms. The number of nitrogens with zero attached hydrogens (tertiary/aromatic N) is 2. The van der Waals surface area contributed by atoms with Crippen molar-refractivity contribution in [1.82, 2.24) is 36.4 Å². The van der Waals surface area contributed by atoms with Crippen LogP contribution in [0.15, 0.2) is 60.7 Å². The van der Waals surface area contributed by atoms with Crippen LogP contribution in [0.1, 0.15) is 139 Å². The highest BCUT2D eigenvalue weighted by Gasteiger charge is 2.37. The van der Waals surface area contributed by atoms with Gasteiger partial charge in [0, 0.05) is 50.4 Å². The minimum absolute atomic E-state index is 0.00809.